The Morgan fingerprint density at radius 2 is 2.14 bits per heavy atom. The summed E-state index contributed by atoms with van der Waals surface area (Å²) in [5.41, 5.74) is 2.37. The van der Waals surface area contributed by atoms with Crippen molar-refractivity contribution in [3.63, 3.8) is 0 Å². The van der Waals surface area contributed by atoms with Crippen LogP contribution in [0.3, 0.4) is 0 Å². The number of thiophene rings is 1. The zero-order valence-electron chi connectivity index (χ0n) is 12.8. The first-order valence-corrected chi connectivity index (χ1v) is 7.02. The molecule has 2 aliphatic rings. The average Bonchev–Trinajstić information content (AvgIpc) is 2.87. The molecule has 0 saturated heterocycles. The average molecular weight is 334 g/mol. The Bertz CT molecular complexity index is 707. The van der Waals surface area contributed by atoms with Crippen LogP contribution in [0.1, 0.15) is 18.9 Å². The van der Waals surface area contributed by atoms with E-state index in [0.717, 1.165) is 16.3 Å². The molecule has 8 heteroatoms. The minimum atomic E-state index is -1.06. The van der Waals surface area contributed by atoms with E-state index in [1.165, 1.54) is 11.3 Å². The second-order valence-electron chi connectivity index (χ2n) is 4.66. The maximum absolute atomic E-state index is 11.5. The van der Waals surface area contributed by atoms with Crippen molar-refractivity contribution >= 4 is 93.0 Å². The third-order valence-electron chi connectivity index (χ3n) is 3.32. The largest absolute Gasteiger partial charge is 0.475 e. The zero-order valence-corrected chi connectivity index (χ0v) is 17.6. The van der Waals surface area contributed by atoms with Crippen molar-refractivity contribution < 1.29 is 14.7 Å². The summed E-state index contributed by atoms with van der Waals surface area (Å²) < 4.78 is 0. The van der Waals surface area contributed by atoms with Crippen molar-refractivity contribution in [1.82, 2.24) is 4.90 Å². The van der Waals surface area contributed by atoms with Crippen molar-refractivity contribution in [2.45, 2.75) is 19.9 Å². The molecular weight excluding hydrogens is 322 g/mol. The van der Waals surface area contributed by atoms with E-state index in [0.29, 0.717) is 18.5 Å². The third kappa shape index (κ3) is 3.82. The maximum atomic E-state index is 11.5. The number of Topliss-reactive ketones (excluding diaryl/α,β-unsaturated/α-hetero) is 1. The van der Waals surface area contributed by atoms with Crippen molar-refractivity contribution in [3.8, 4) is 0 Å². The van der Waals surface area contributed by atoms with Crippen LogP contribution in [-0.2, 0) is 16.1 Å². The predicted molar refractivity (Wildman–Crippen MR) is 87.6 cm³/mol. The summed E-state index contributed by atoms with van der Waals surface area (Å²) in [4.78, 5) is 28.8. The van der Waals surface area contributed by atoms with Crippen molar-refractivity contribution in [3.05, 3.63) is 40.4 Å². The second-order valence-corrected chi connectivity index (χ2v) is 5.56. The molecule has 2 radical (unpaired) electrons. The van der Waals surface area contributed by atoms with Gasteiger partial charge in [0.05, 0.1) is 6.54 Å². The Morgan fingerprint density at radius 1 is 1.41 bits per heavy atom. The molecule has 0 amide bonds. The molecule has 104 valence electrons. The molecule has 3 rings (SSSR count). The Morgan fingerprint density at radius 3 is 2.77 bits per heavy atom. The van der Waals surface area contributed by atoms with E-state index in [1.807, 2.05) is 11.4 Å². The molecule has 0 atom stereocenters. The number of carboxylic acids is 1. The van der Waals surface area contributed by atoms with Gasteiger partial charge in [-0.15, -0.1) is 11.3 Å². The molecular formula is C14H12N2Na2O3S. The van der Waals surface area contributed by atoms with E-state index < -0.39 is 5.97 Å². The minimum absolute atomic E-state index is 0. The van der Waals surface area contributed by atoms with Gasteiger partial charge in [-0.2, -0.15) is 0 Å². The van der Waals surface area contributed by atoms with Crippen molar-refractivity contribution in [1.29, 1.82) is 0 Å². The number of fused-ring (bicyclic) bond motifs is 1. The number of carbonyl (C=O) groups is 2. The number of carboxylic acid groups (broad SMARTS) is 1. The maximum Gasteiger partial charge on any atom is 0.372 e. The second kappa shape index (κ2) is 8.06. The van der Waals surface area contributed by atoms with E-state index in [1.54, 1.807) is 24.0 Å². The van der Waals surface area contributed by atoms with Crippen molar-refractivity contribution in [2.24, 2.45) is 4.99 Å². The van der Waals surface area contributed by atoms with Gasteiger partial charge in [-0.05, 0) is 30.0 Å². The van der Waals surface area contributed by atoms with Gasteiger partial charge in [-0.25, -0.2) is 9.79 Å². The summed E-state index contributed by atoms with van der Waals surface area (Å²) in [5, 5.41) is 12.0. The number of amidine groups is 1. The molecule has 1 aliphatic carbocycles. The number of rotatable bonds is 2. The van der Waals surface area contributed by atoms with Crippen LogP contribution in [0.4, 0.5) is 5.00 Å². The molecule has 1 aliphatic heterocycles. The molecule has 5 nitrogen and oxygen atoms in total. The summed E-state index contributed by atoms with van der Waals surface area (Å²) in [5.74, 6) is -0.992. The van der Waals surface area contributed by atoms with Gasteiger partial charge in [-0.1, -0.05) is 6.08 Å². The monoisotopic (exact) mass is 334 g/mol. The topological polar surface area (TPSA) is 70.0 Å². The number of carbonyl (C=O) groups excluding carboxylic acids is 1. The molecule has 1 aromatic rings. The van der Waals surface area contributed by atoms with E-state index in [2.05, 4.69) is 4.99 Å². The Kier molecular flexibility index (Phi) is 7.26. The number of nitrogens with zero attached hydrogens (tertiary/aromatic N) is 2. The van der Waals surface area contributed by atoms with E-state index >= 15 is 0 Å². The molecule has 2 heterocycles. The summed E-state index contributed by atoms with van der Waals surface area (Å²) in [6.45, 7) is 2.21. The quantitative estimate of drug-likeness (QED) is 0.836. The Hall–Kier alpha value is -0.210. The van der Waals surface area contributed by atoms with E-state index in [4.69, 9.17) is 0 Å². The van der Waals surface area contributed by atoms with Crippen LogP contribution in [0, 0.1) is 0 Å². The number of aliphatic carboxylic acids is 1. The normalized spacial score (nSPS) is 16.5. The van der Waals surface area contributed by atoms with Crippen LogP contribution in [0.25, 0.3) is 0 Å². The van der Waals surface area contributed by atoms with Crippen LogP contribution in [0.5, 0.6) is 0 Å². The molecule has 0 bridgehead atoms. The van der Waals surface area contributed by atoms with Gasteiger partial charge in [0.2, 0.25) is 5.84 Å². The first kappa shape index (κ1) is 19.8. The molecule has 22 heavy (non-hydrogen) atoms. The number of hydrogen-bond donors (Lipinski definition) is 1. The van der Waals surface area contributed by atoms with Crippen LogP contribution in [0.2, 0.25) is 0 Å². The molecule has 0 spiro atoms. The van der Waals surface area contributed by atoms with E-state index in [-0.39, 0.29) is 70.7 Å². The molecule has 0 aromatic carbocycles. The van der Waals surface area contributed by atoms with Gasteiger partial charge in [0, 0.05) is 76.8 Å². The molecule has 0 saturated carbocycles. The van der Waals surface area contributed by atoms with Gasteiger partial charge in [0.15, 0.2) is 5.78 Å². The van der Waals surface area contributed by atoms with Gasteiger partial charge >= 0.3 is 5.97 Å². The SMILES string of the molecule is CC1=CC(N2Cc3ccsc3N=C2C(=O)O)=CCC1=O.[Na].[Na]. The fourth-order valence-corrected chi connectivity index (χ4v) is 3.02. The Balaban J connectivity index is 0.00000121. The van der Waals surface area contributed by atoms with Crippen LogP contribution in [0.15, 0.2) is 39.9 Å². The fourth-order valence-electron chi connectivity index (χ4n) is 2.23. The summed E-state index contributed by atoms with van der Waals surface area (Å²) >= 11 is 1.43. The predicted octanol–water partition coefficient (Wildman–Crippen LogP) is 1.72. The van der Waals surface area contributed by atoms with Gasteiger partial charge in [-0.3, -0.25) is 4.79 Å². The summed E-state index contributed by atoms with van der Waals surface area (Å²) in [7, 11) is 0. The summed E-state index contributed by atoms with van der Waals surface area (Å²) in [6.07, 6.45) is 3.78. The van der Waals surface area contributed by atoms with Crippen molar-refractivity contribution in [2.75, 3.05) is 0 Å². The smallest absolute Gasteiger partial charge is 0.372 e. The Labute approximate surface area is 176 Å². The molecule has 0 unspecified atom stereocenters. The van der Waals surface area contributed by atoms with Gasteiger partial charge in [0.1, 0.15) is 5.00 Å². The number of allylic oxidation sites excluding steroid dienone is 3. The summed E-state index contributed by atoms with van der Waals surface area (Å²) in [6, 6.07) is 1.94. The van der Waals surface area contributed by atoms with Crippen LogP contribution >= 0.6 is 11.3 Å². The van der Waals surface area contributed by atoms with Gasteiger partial charge in [0.25, 0.3) is 0 Å². The van der Waals surface area contributed by atoms with Gasteiger partial charge < -0.3 is 10.0 Å². The number of hydrogen-bond acceptors (Lipinski definition) is 5. The number of ketones is 1. The van der Waals surface area contributed by atoms with E-state index in [9.17, 15) is 14.7 Å². The van der Waals surface area contributed by atoms with Crippen LogP contribution in [-0.4, -0.2) is 86.7 Å². The third-order valence-corrected chi connectivity index (χ3v) is 4.17. The number of aliphatic imine (C=N–C) groups is 1. The fraction of sp³-hybridized carbons (Fsp3) is 0.214. The molecule has 1 N–H and O–H groups in total. The first-order chi connectivity index (χ1) is 9.56. The minimum Gasteiger partial charge on any atom is -0.475 e. The van der Waals surface area contributed by atoms with Crippen LogP contribution < -0.4 is 0 Å². The zero-order chi connectivity index (χ0) is 14.3. The molecule has 0 fully saturated rings. The first-order valence-electron chi connectivity index (χ1n) is 6.14. The molecule has 1 aromatic heterocycles. The standard InChI is InChI=1S/C14H12N2O3S.2Na/c1-8-6-10(2-3-11(8)17)16-7-9-4-5-20-13(9)15-12(16)14(18)19;;/h2,4-6H,3,7H2,1H3,(H,18,19);;.